The second-order valence-electron chi connectivity index (χ2n) is 12.1. The first-order valence-corrected chi connectivity index (χ1v) is 15.3. The highest BCUT2D eigenvalue weighted by Crippen LogP contribution is 2.48. The van der Waals surface area contributed by atoms with E-state index in [2.05, 4.69) is 27.1 Å². The number of nitrogens with one attached hydrogen (secondary N) is 2. The largest absolute Gasteiger partial charge is 0.490 e. The monoisotopic (exact) mass is 634 g/mol. The third-order valence-electron chi connectivity index (χ3n) is 7.54. The molecule has 2 aliphatic heterocycles. The number of hydrogen-bond acceptors (Lipinski definition) is 9. The second-order valence-corrected chi connectivity index (χ2v) is 13.0. The summed E-state index contributed by atoms with van der Waals surface area (Å²) in [6, 6.07) is 2.12. The number of ether oxygens (including phenoxy) is 2. The standard InChI is InChI=1S/C30H37F3N6O4S/c1-17(9-11-34)27-36-21(16-44-27)26(40)35-20-7-8-23(42-18-5-6-18)24(30(31,32)33)25(20)39-14-13-38-12-10-19(22(38)15-39)37-28(41)43-29(2,3)4/h7-9,11,16,18-19,22H,1,5-6,10,12-15,34H2,2-4H3,(H,35,40)(H,37,41)/b11-9-/t19-,22+/m1/s1. The number of thiazole rings is 1. The van der Waals surface area contributed by atoms with E-state index in [1.165, 1.54) is 35.0 Å². The molecule has 1 saturated carbocycles. The van der Waals surface area contributed by atoms with Crippen LogP contribution in [-0.4, -0.2) is 71.9 Å². The fourth-order valence-electron chi connectivity index (χ4n) is 5.47. The van der Waals surface area contributed by atoms with E-state index >= 15 is 0 Å². The number of piperazine rings is 1. The van der Waals surface area contributed by atoms with Crippen LogP contribution < -0.4 is 26.0 Å². The van der Waals surface area contributed by atoms with Crippen molar-refractivity contribution in [2.24, 2.45) is 5.73 Å². The molecule has 2 amide bonds. The average Bonchev–Trinajstić information content (AvgIpc) is 3.44. The van der Waals surface area contributed by atoms with E-state index in [1.807, 2.05) is 0 Å². The van der Waals surface area contributed by atoms with Gasteiger partial charge in [-0.1, -0.05) is 6.58 Å². The van der Waals surface area contributed by atoms with E-state index in [-0.39, 0.29) is 54.1 Å². The topological polar surface area (TPSA) is 122 Å². The van der Waals surface area contributed by atoms with Crippen molar-refractivity contribution in [2.75, 3.05) is 36.4 Å². The van der Waals surface area contributed by atoms with Gasteiger partial charge in [-0.25, -0.2) is 9.78 Å². The number of fused-ring (bicyclic) bond motifs is 1. The van der Waals surface area contributed by atoms with Crippen LogP contribution >= 0.6 is 11.3 Å². The fourth-order valence-corrected chi connectivity index (χ4v) is 6.23. The smallest absolute Gasteiger partial charge is 0.422 e. The van der Waals surface area contributed by atoms with Gasteiger partial charge in [0.2, 0.25) is 0 Å². The highest BCUT2D eigenvalue weighted by Gasteiger charge is 2.45. The molecule has 1 aliphatic carbocycles. The molecule has 3 aliphatic rings. The quantitative estimate of drug-likeness (QED) is 0.338. The van der Waals surface area contributed by atoms with Crippen LogP contribution in [0.2, 0.25) is 0 Å². The Kier molecular flexibility index (Phi) is 8.85. The number of allylic oxidation sites excluding steroid dienone is 2. The molecule has 0 unspecified atom stereocenters. The van der Waals surface area contributed by atoms with Crippen molar-refractivity contribution in [3.8, 4) is 5.75 Å². The van der Waals surface area contributed by atoms with Crippen LogP contribution in [0.15, 0.2) is 36.4 Å². The van der Waals surface area contributed by atoms with Crippen LogP contribution in [0, 0.1) is 0 Å². The lowest BCUT2D eigenvalue weighted by Gasteiger charge is -2.42. The molecular weight excluding hydrogens is 597 g/mol. The lowest BCUT2D eigenvalue weighted by atomic mass is 10.0. The Morgan fingerprint density at radius 1 is 1.16 bits per heavy atom. The number of nitrogens with zero attached hydrogens (tertiary/aromatic N) is 3. The maximum Gasteiger partial charge on any atom is 0.422 e. The molecule has 1 aromatic carbocycles. The Hall–Kier alpha value is -3.78. The minimum absolute atomic E-state index is 0.0104. The van der Waals surface area contributed by atoms with E-state index in [9.17, 15) is 22.8 Å². The molecule has 3 fully saturated rings. The zero-order valence-corrected chi connectivity index (χ0v) is 25.7. The molecule has 2 saturated heterocycles. The molecule has 238 valence electrons. The summed E-state index contributed by atoms with van der Waals surface area (Å²) in [5, 5.41) is 7.56. The van der Waals surface area contributed by atoms with Crippen molar-refractivity contribution in [3.05, 3.63) is 52.6 Å². The highest BCUT2D eigenvalue weighted by atomic mass is 32.1. The number of hydrogen-bond donors (Lipinski definition) is 3. The van der Waals surface area contributed by atoms with Crippen LogP contribution in [0.1, 0.15) is 61.1 Å². The first kappa shape index (κ1) is 31.6. The first-order chi connectivity index (χ1) is 20.7. The Labute approximate surface area is 258 Å². The summed E-state index contributed by atoms with van der Waals surface area (Å²) >= 11 is 1.17. The van der Waals surface area contributed by atoms with Gasteiger partial charge in [0, 0.05) is 43.2 Å². The second kappa shape index (κ2) is 12.3. The van der Waals surface area contributed by atoms with Crippen LogP contribution in [0.3, 0.4) is 0 Å². The summed E-state index contributed by atoms with van der Waals surface area (Å²) in [4.78, 5) is 34.0. The summed E-state index contributed by atoms with van der Waals surface area (Å²) < 4.78 is 55.8. The van der Waals surface area contributed by atoms with Crippen LogP contribution in [0.5, 0.6) is 5.75 Å². The molecule has 3 heterocycles. The number of benzene rings is 1. The molecule has 5 rings (SSSR count). The number of alkyl halides is 3. The maximum atomic E-state index is 14.9. The number of alkyl carbamates (subject to hydrolysis) is 1. The molecule has 2 aromatic rings. The molecule has 1 aromatic heterocycles. The van der Waals surface area contributed by atoms with E-state index in [1.54, 1.807) is 31.7 Å². The van der Waals surface area contributed by atoms with Gasteiger partial charge in [0.25, 0.3) is 5.91 Å². The SMILES string of the molecule is C=C(/C=C\N)c1nc(C(=O)Nc2ccc(OC3CC3)c(C(F)(F)F)c2N2CCN3CC[C@@H](NC(=O)OC(C)(C)C)[C@@H]3C2)cs1. The van der Waals surface area contributed by atoms with Crippen LogP contribution in [0.4, 0.5) is 29.3 Å². The van der Waals surface area contributed by atoms with Crippen LogP contribution in [0.25, 0.3) is 5.57 Å². The minimum atomic E-state index is -4.78. The predicted octanol–water partition coefficient (Wildman–Crippen LogP) is 5.23. The number of aromatic nitrogens is 1. The normalized spacial score (nSPS) is 20.8. The molecule has 2 atom stereocenters. The summed E-state index contributed by atoms with van der Waals surface area (Å²) in [5.41, 5.74) is 4.16. The molecule has 0 spiro atoms. The third-order valence-corrected chi connectivity index (χ3v) is 8.46. The van der Waals surface area contributed by atoms with Crippen molar-refractivity contribution in [1.29, 1.82) is 0 Å². The molecular formula is C30H37F3N6O4S. The number of halogens is 3. The van der Waals surface area contributed by atoms with Gasteiger partial charge >= 0.3 is 12.3 Å². The zero-order valence-electron chi connectivity index (χ0n) is 24.9. The number of carbonyl (C=O) groups is 2. The van der Waals surface area contributed by atoms with Crippen LogP contribution in [-0.2, 0) is 10.9 Å². The molecule has 0 radical (unpaired) electrons. The van der Waals surface area contributed by atoms with Gasteiger partial charge in [0.05, 0.1) is 23.5 Å². The number of anilines is 2. The number of carbonyl (C=O) groups excluding carboxylic acids is 2. The molecule has 14 heteroatoms. The summed E-state index contributed by atoms with van der Waals surface area (Å²) in [6.45, 7) is 10.8. The Morgan fingerprint density at radius 2 is 1.91 bits per heavy atom. The third kappa shape index (κ3) is 7.29. The number of nitrogens with two attached hydrogens (primary N) is 1. The van der Waals surface area contributed by atoms with E-state index in [0.717, 1.165) is 0 Å². The maximum absolute atomic E-state index is 14.9. The van der Waals surface area contributed by atoms with Crippen molar-refractivity contribution in [3.63, 3.8) is 0 Å². The van der Waals surface area contributed by atoms with E-state index in [0.29, 0.717) is 42.9 Å². The Bertz CT molecular complexity index is 1450. The van der Waals surface area contributed by atoms with Crippen molar-refractivity contribution in [1.82, 2.24) is 15.2 Å². The summed E-state index contributed by atoms with van der Waals surface area (Å²) in [7, 11) is 0. The molecule has 44 heavy (non-hydrogen) atoms. The number of amides is 2. The van der Waals surface area contributed by atoms with Gasteiger partial charge in [-0.2, -0.15) is 13.2 Å². The number of rotatable bonds is 8. The van der Waals surface area contributed by atoms with E-state index < -0.39 is 29.3 Å². The lowest BCUT2D eigenvalue weighted by Crippen LogP contribution is -2.57. The van der Waals surface area contributed by atoms with Crippen molar-refractivity contribution >= 4 is 40.3 Å². The van der Waals surface area contributed by atoms with E-state index in [4.69, 9.17) is 15.2 Å². The molecule has 4 N–H and O–H groups in total. The average molecular weight is 635 g/mol. The minimum Gasteiger partial charge on any atom is -0.490 e. The highest BCUT2D eigenvalue weighted by molar-refractivity contribution is 7.11. The van der Waals surface area contributed by atoms with Crippen molar-refractivity contribution < 1.29 is 32.2 Å². The van der Waals surface area contributed by atoms with Gasteiger partial charge < -0.3 is 30.7 Å². The molecule has 0 bridgehead atoms. The fraction of sp³-hybridized carbons (Fsp3) is 0.500. The summed E-state index contributed by atoms with van der Waals surface area (Å²) in [6.07, 6.45) is -0.782. The molecule has 10 nitrogen and oxygen atoms in total. The van der Waals surface area contributed by atoms with Gasteiger partial charge in [-0.05, 0) is 64.4 Å². The van der Waals surface area contributed by atoms with Gasteiger partial charge in [-0.3, -0.25) is 9.69 Å². The van der Waals surface area contributed by atoms with Gasteiger partial charge in [0.1, 0.15) is 27.6 Å². The predicted molar refractivity (Wildman–Crippen MR) is 163 cm³/mol. The Morgan fingerprint density at radius 3 is 2.57 bits per heavy atom. The van der Waals surface area contributed by atoms with Crippen molar-refractivity contribution in [2.45, 2.75) is 70.0 Å². The zero-order chi connectivity index (χ0) is 31.8. The van der Waals surface area contributed by atoms with Gasteiger partial charge in [0.15, 0.2) is 0 Å². The Balaban J connectivity index is 1.47. The lowest BCUT2D eigenvalue weighted by molar-refractivity contribution is -0.138. The van der Waals surface area contributed by atoms with Gasteiger partial charge in [-0.15, -0.1) is 11.3 Å². The first-order valence-electron chi connectivity index (χ1n) is 14.5. The summed E-state index contributed by atoms with van der Waals surface area (Å²) in [5.74, 6) is -0.933.